The normalized spacial score (nSPS) is 10.5. The summed E-state index contributed by atoms with van der Waals surface area (Å²) in [6, 6.07) is 5.83. The van der Waals surface area contributed by atoms with Crippen LogP contribution < -0.4 is 10.9 Å². The lowest BCUT2D eigenvalue weighted by atomic mass is 10.00. The smallest absolute Gasteiger partial charge is 0.269 e. The number of benzene rings is 1. The van der Waals surface area contributed by atoms with Gasteiger partial charge in [-0.3, -0.25) is 4.79 Å². The van der Waals surface area contributed by atoms with Gasteiger partial charge in [-0.05, 0) is 37.5 Å². The van der Waals surface area contributed by atoms with Crippen LogP contribution in [0.25, 0.3) is 0 Å². The molecular formula is C15H19N3O. The Morgan fingerprint density at radius 1 is 1.16 bits per heavy atom. The van der Waals surface area contributed by atoms with Gasteiger partial charge in [-0.25, -0.2) is 4.68 Å². The van der Waals surface area contributed by atoms with E-state index in [9.17, 15) is 4.79 Å². The molecule has 0 spiro atoms. The summed E-state index contributed by atoms with van der Waals surface area (Å²) in [5.74, 6) is 0. The summed E-state index contributed by atoms with van der Waals surface area (Å²) in [5.41, 5.74) is 5.44. The molecule has 0 aliphatic heterocycles. The van der Waals surface area contributed by atoms with Gasteiger partial charge in [-0.15, -0.1) is 0 Å². The Morgan fingerprint density at radius 3 is 2.32 bits per heavy atom. The molecule has 0 aliphatic carbocycles. The average molecular weight is 257 g/mol. The number of aromatic nitrogens is 2. The first-order chi connectivity index (χ1) is 9.01. The summed E-state index contributed by atoms with van der Waals surface area (Å²) in [7, 11) is 1.77. The van der Waals surface area contributed by atoms with Crippen LogP contribution in [0.3, 0.4) is 0 Å². The fraction of sp³-hybridized carbons (Fsp3) is 0.333. The van der Waals surface area contributed by atoms with Gasteiger partial charge in [-0.2, -0.15) is 5.10 Å². The van der Waals surface area contributed by atoms with Crippen LogP contribution in [-0.4, -0.2) is 16.8 Å². The van der Waals surface area contributed by atoms with E-state index in [0.717, 1.165) is 11.3 Å². The first kappa shape index (κ1) is 13.3. The van der Waals surface area contributed by atoms with E-state index < -0.39 is 0 Å². The summed E-state index contributed by atoms with van der Waals surface area (Å²) in [6.07, 6.45) is 1.67. The Balaban J connectivity index is 2.39. The van der Waals surface area contributed by atoms with E-state index in [-0.39, 0.29) is 5.56 Å². The molecule has 0 amide bonds. The number of hydrogen-bond acceptors (Lipinski definition) is 3. The second-order valence-corrected chi connectivity index (χ2v) is 4.87. The van der Waals surface area contributed by atoms with Crippen molar-refractivity contribution < 1.29 is 0 Å². The lowest BCUT2D eigenvalue weighted by molar-refractivity contribution is 0.635. The summed E-state index contributed by atoms with van der Waals surface area (Å²) in [4.78, 5) is 12.0. The standard InChI is InChI=1S/C15H19N3O/c1-10-5-11(2)14(12(3)6-10)9-18-15(19)7-13(16-4)8-17-18/h5-8,16H,9H2,1-4H3. The topological polar surface area (TPSA) is 46.9 Å². The number of anilines is 1. The van der Waals surface area contributed by atoms with Crippen molar-refractivity contribution in [3.63, 3.8) is 0 Å². The molecule has 0 aliphatic rings. The molecule has 0 saturated heterocycles. The maximum atomic E-state index is 12.0. The monoisotopic (exact) mass is 257 g/mol. The van der Waals surface area contributed by atoms with Crippen molar-refractivity contribution in [3.05, 3.63) is 57.0 Å². The largest absolute Gasteiger partial charge is 0.387 e. The van der Waals surface area contributed by atoms with Crippen LogP contribution in [0, 0.1) is 20.8 Å². The Morgan fingerprint density at radius 2 is 1.79 bits per heavy atom. The van der Waals surface area contributed by atoms with Crippen LogP contribution in [0.15, 0.2) is 29.2 Å². The van der Waals surface area contributed by atoms with Crippen molar-refractivity contribution in [1.29, 1.82) is 0 Å². The quantitative estimate of drug-likeness (QED) is 0.917. The minimum Gasteiger partial charge on any atom is -0.387 e. The molecule has 0 bridgehead atoms. The summed E-state index contributed by atoms with van der Waals surface area (Å²) in [5, 5.41) is 7.10. The lowest BCUT2D eigenvalue weighted by Crippen LogP contribution is -2.23. The zero-order chi connectivity index (χ0) is 14.0. The highest BCUT2D eigenvalue weighted by Gasteiger charge is 2.07. The summed E-state index contributed by atoms with van der Waals surface area (Å²) < 4.78 is 1.49. The number of nitrogens with zero attached hydrogens (tertiary/aromatic N) is 2. The van der Waals surface area contributed by atoms with Gasteiger partial charge in [0.15, 0.2) is 0 Å². The van der Waals surface area contributed by atoms with Crippen LogP contribution in [0.5, 0.6) is 0 Å². The van der Waals surface area contributed by atoms with Gasteiger partial charge >= 0.3 is 0 Å². The van der Waals surface area contributed by atoms with Gasteiger partial charge in [-0.1, -0.05) is 17.7 Å². The maximum absolute atomic E-state index is 12.0. The van der Waals surface area contributed by atoms with Gasteiger partial charge in [0, 0.05) is 13.1 Å². The van der Waals surface area contributed by atoms with E-state index in [1.54, 1.807) is 19.3 Å². The maximum Gasteiger partial charge on any atom is 0.269 e. The Kier molecular flexibility index (Phi) is 3.69. The minimum atomic E-state index is -0.0915. The zero-order valence-corrected chi connectivity index (χ0v) is 11.8. The Hall–Kier alpha value is -2.10. The predicted molar refractivity (Wildman–Crippen MR) is 77.8 cm³/mol. The number of hydrogen-bond donors (Lipinski definition) is 1. The fourth-order valence-electron chi connectivity index (χ4n) is 2.30. The lowest BCUT2D eigenvalue weighted by Gasteiger charge is -2.12. The van der Waals surface area contributed by atoms with E-state index in [4.69, 9.17) is 0 Å². The van der Waals surface area contributed by atoms with Crippen LogP contribution in [-0.2, 0) is 6.54 Å². The molecular weight excluding hydrogens is 238 g/mol. The van der Waals surface area contributed by atoms with Crippen LogP contribution in [0.1, 0.15) is 22.3 Å². The predicted octanol–water partition coefficient (Wildman–Crippen LogP) is 2.26. The molecule has 4 nitrogen and oxygen atoms in total. The van der Waals surface area contributed by atoms with E-state index in [1.807, 2.05) is 0 Å². The van der Waals surface area contributed by atoms with Gasteiger partial charge in [0.25, 0.3) is 5.56 Å². The average Bonchev–Trinajstić information content (AvgIpc) is 2.35. The Labute approximate surface area is 113 Å². The van der Waals surface area contributed by atoms with Gasteiger partial charge in [0.05, 0.1) is 18.4 Å². The van der Waals surface area contributed by atoms with Gasteiger partial charge in [0.1, 0.15) is 0 Å². The van der Waals surface area contributed by atoms with Gasteiger partial charge in [0.2, 0.25) is 0 Å². The van der Waals surface area contributed by atoms with Gasteiger partial charge < -0.3 is 5.32 Å². The number of rotatable bonds is 3. The van der Waals surface area contributed by atoms with E-state index in [2.05, 4.69) is 43.3 Å². The summed E-state index contributed by atoms with van der Waals surface area (Å²) >= 11 is 0. The molecule has 1 aromatic heterocycles. The molecule has 4 heteroatoms. The molecule has 2 rings (SSSR count). The Bertz CT molecular complexity index is 636. The van der Waals surface area contributed by atoms with Crippen molar-refractivity contribution in [2.45, 2.75) is 27.3 Å². The molecule has 19 heavy (non-hydrogen) atoms. The number of nitrogens with one attached hydrogen (secondary N) is 1. The first-order valence-corrected chi connectivity index (χ1v) is 6.33. The zero-order valence-electron chi connectivity index (χ0n) is 11.8. The third kappa shape index (κ3) is 2.84. The molecule has 0 unspecified atom stereocenters. The van der Waals surface area contributed by atoms with Crippen molar-refractivity contribution in [3.8, 4) is 0 Å². The van der Waals surface area contributed by atoms with Crippen molar-refractivity contribution in [2.75, 3.05) is 12.4 Å². The second-order valence-electron chi connectivity index (χ2n) is 4.87. The molecule has 2 aromatic rings. The van der Waals surface area contributed by atoms with Crippen molar-refractivity contribution >= 4 is 5.69 Å². The molecule has 1 heterocycles. The fourth-order valence-corrected chi connectivity index (χ4v) is 2.30. The minimum absolute atomic E-state index is 0.0915. The van der Waals surface area contributed by atoms with E-state index >= 15 is 0 Å². The molecule has 0 saturated carbocycles. The number of aryl methyl sites for hydroxylation is 3. The molecule has 1 N–H and O–H groups in total. The van der Waals surface area contributed by atoms with Crippen LogP contribution in [0.2, 0.25) is 0 Å². The highest BCUT2D eigenvalue weighted by Crippen LogP contribution is 2.16. The van der Waals surface area contributed by atoms with Crippen molar-refractivity contribution in [2.24, 2.45) is 0 Å². The van der Waals surface area contributed by atoms with Crippen LogP contribution >= 0.6 is 0 Å². The SMILES string of the molecule is CNc1cnn(Cc2c(C)cc(C)cc2C)c(=O)c1. The van der Waals surface area contributed by atoms with E-state index in [1.165, 1.54) is 21.4 Å². The highest BCUT2D eigenvalue weighted by molar-refractivity contribution is 5.39. The molecule has 0 fully saturated rings. The molecule has 100 valence electrons. The first-order valence-electron chi connectivity index (χ1n) is 6.33. The van der Waals surface area contributed by atoms with Crippen molar-refractivity contribution in [1.82, 2.24) is 9.78 Å². The second kappa shape index (κ2) is 5.26. The van der Waals surface area contributed by atoms with Crippen LogP contribution in [0.4, 0.5) is 5.69 Å². The molecule has 0 atom stereocenters. The molecule has 1 aromatic carbocycles. The van der Waals surface area contributed by atoms with E-state index in [0.29, 0.717) is 6.54 Å². The molecule has 0 radical (unpaired) electrons. The highest BCUT2D eigenvalue weighted by atomic mass is 16.1. The third-order valence-electron chi connectivity index (χ3n) is 3.31. The summed E-state index contributed by atoms with van der Waals surface area (Å²) in [6.45, 7) is 6.74. The third-order valence-corrected chi connectivity index (χ3v) is 3.31.